The van der Waals surface area contributed by atoms with Gasteiger partial charge in [0.05, 0.1) is 0 Å². The van der Waals surface area contributed by atoms with Gasteiger partial charge in [-0.2, -0.15) is 5.10 Å². The van der Waals surface area contributed by atoms with Gasteiger partial charge in [-0.3, -0.25) is 0 Å². The van der Waals surface area contributed by atoms with Crippen LogP contribution in [0.1, 0.15) is 13.8 Å². The first-order chi connectivity index (χ1) is 3.27. The molecule has 0 fully saturated rings. The van der Waals surface area contributed by atoms with Crippen molar-refractivity contribution >= 4 is 6.21 Å². The van der Waals surface area contributed by atoms with Crippen LogP contribution in [-0.2, 0) is 0 Å². The fourth-order valence-corrected chi connectivity index (χ4v) is 0.192. The molecule has 0 unspecified atom stereocenters. The summed E-state index contributed by atoms with van der Waals surface area (Å²) in [5.41, 5.74) is 1.20. The van der Waals surface area contributed by atoms with E-state index < -0.39 is 0 Å². The number of allylic oxidation sites excluding steroid dienone is 2. The molecule has 0 heterocycles. The Morgan fingerprint density at radius 1 is 1.57 bits per heavy atom. The molecule has 2 nitrogen and oxygen atoms in total. The fraction of sp³-hybridized carbons (Fsp3) is 0.400. The smallest absolute Gasteiger partial charge is 0.0464 e. The first-order valence-electron chi connectivity index (χ1n) is 2.14. The number of nitrogens with two attached hydrogens (primary N) is 1. The van der Waals surface area contributed by atoms with Crippen LogP contribution in [0.25, 0.3) is 0 Å². The van der Waals surface area contributed by atoms with Gasteiger partial charge in [0.2, 0.25) is 0 Å². The van der Waals surface area contributed by atoms with Crippen LogP contribution in [0.3, 0.4) is 0 Å². The standard InChI is InChI=1S/C5H10N2/c1-5(2)3-4-7-6/h3-4H,6H2,1-2H3/b7-4-. The predicted molar refractivity (Wildman–Crippen MR) is 32.1 cm³/mol. The monoisotopic (exact) mass is 98.1 g/mol. The van der Waals surface area contributed by atoms with Crippen LogP contribution < -0.4 is 5.84 Å². The molecule has 0 saturated heterocycles. The molecule has 0 amide bonds. The van der Waals surface area contributed by atoms with E-state index in [9.17, 15) is 0 Å². The molecule has 0 aliphatic carbocycles. The third-order valence-corrected chi connectivity index (χ3v) is 0.494. The maximum absolute atomic E-state index is 4.80. The molecule has 0 aromatic carbocycles. The molecule has 0 radical (unpaired) electrons. The van der Waals surface area contributed by atoms with Gasteiger partial charge >= 0.3 is 0 Å². The number of nitrogens with zero attached hydrogens (tertiary/aromatic N) is 1. The van der Waals surface area contributed by atoms with E-state index in [0.717, 1.165) is 0 Å². The quantitative estimate of drug-likeness (QED) is 0.295. The van der Waals surface area contributed by atoms with Crippen LogP contribution >= 0.6 is 0 Å². The first-order valence-corrected chi connectivity index (χ1v) is 2.14. The molecular formula is C5H10N2. The van der Waals surface area contributed by atoms with Crippen molar-refractivity contribution in [3.05, 3.63) is 11.6 Å². The topological polar surface area (TPSA) is 38.4 Å². The van der Waals surface area contributed by atoms with Gasteiger partial charge in [-0.25, -0.2) is 0 Å². The molecule has 7 heavy (non-hydrogen) atoms. The Hall–Kier alpha value is -0.790. The Bertz CT molecular complexity index is 88.3. The summed E-state index contributed by atoms with van der Waals surface area (Å²) in [6.07, 6.45) is 3.41. The molecule has 0 aromatic rings. The third-order valence-electron chi connectivity index (χ3n) is 0.494. The van der Waals surface area contributed by atoms with Crippen molar-refractivity contribution in [3.8, 4) is 0 Å². The Labute approximate surface area is 43.7 Å². The van der Waals surface area contributed by atoms with Gasteiger partial charge in [0.15, 0.2) is 0 Å². The summed E-state index contributed by atoms with van der Waals surface area (Å²) in [6, 6.07) is 0. The van der Waals surface area contributed by atoms with E-state index in [1.54, 1.807) is 6.21 Å². The maximum atomic E-state index is 4.80. The molecule has 40 valence electrons. The van der Waals surface area contributed by atoms with Crippen molar-refractivity contribution in [2.24, 2.45) is 10.9 Å². The SMILES string of the molecule is CC(C)=C/C=N\N. The number of rotatable bonds is 1. The minimum atomic E-state index is 1.20. The lowest BCUT2D eigenvalue weighted by molar-refractivity contribution is 1.26. The second-order valence-corrected chi connectivity index (χ2v) is 1.54. The highest BCUT2D eigenvalue weighted by atomic mass is 15.1. The van der Waals surface area contributed by atoms with Crippen LogP contribution in [-0.4, -0.2) is 6.21 Å². The van der Waals surface area contributed by atoms with Gasteiger partial charge in [0.1, 0.15) is 0 Å². The summed E-state index contributed by atoms with van der Waals surface area (Å²) >= 11 is 0. The van der Waals surface area contributed by atoms with E-state index in [0.29, 0.717) is 0 Å². The van der Waals surface area contributed by atoms with E-state index in [4.69, 9.17) is 5.84 Å². The van der Waals surface area contributed by atoms with Gasteiger partial charge in [0, 0.05) is 6.21 Å². The maximum Gasteiger partial charge on any atom is 0.0464 e. The summed E-state index contributed by atoms with van der Waals surface area (Å²) in [5.74, 6) is 4.80. The summed E-state index contributed by atoms with van der Waals surface area (Å²) in [5, 5.41) is 3.27. The highest BCUT2D eigenvalue weighted by Crippen LogP contribution is 1.82. The van der Waals surface area contributed by atoms with Crippen molar-refractivity contribution in [3.63, 3.8) is 0 Å². The van der Waals surface area contributed by atoms with E-state index in [1.165, 1.54) is 5.57 Å². The molecule has 0 saturated carbocycles. The third kappa shape index (κ3) is 5.21. The van der Waals surface area contributed by atoms with Crippen molar-refractivity contribution in [2.45, 2.75) is 13.8 Å². The lowest BCUT2D eigenvalue weighted by Gasteiger charge is -1.77. The molecule has 0 aliphatic rings. The summed E-state index contributed by atoms with van der Waals surface area (Å²) in [4.78, 5) is 0. The van der Waals surface area contributed by atoms with Crippen LogP contribution in [0.4, 0.5) is 0 Å². The van der Waals surface area contributed by atoms with Gasteiger partial charge in [-0.05, 0) is 19.9 Å². The molecule has 0 atom stereocenters. The molecule has 0 spiro atoms. The molecule has 2 heteroatoms. The van der Waals surface area contributed by atoms with Crippen LogP contribution in [0.5, 0.6) is 0 Å². The number of hydrogen-bond donors (Lipinski definition) is 1. The zero-order valence-electron chi connectivity index (χ0n) is 4.68. The fourth-order valence-electron chi connectivity index (χ4n) is 0.192. The van der Waals surface area contributed by atoms with E-state index in [1.807, 2.05) is 19.9 Å². The molecule has 0 rings (SSSR count). The first kappa shape index (κ1) is 6.21. The molecule has 2 N–H and O–H groups in total. The highest BCUT2D eigenvalue weighted by molar-refractivity contribution is 5.71. The minimum absolute atomic E-state index is 1.20. The summed E-state index contributed by atoms with van der Waals surface area (Å²) < 4.78 is 0. The van der Waals surface area contributed by atoms with Gasteiger partial charge in [-0.15, -0.1) is 0 Å². The predicted octanol–water partition coefficient (Wildman–Crippen LogP) is 0.897. The van der Waals surface area contributed by atoms with Crippen molar-refractivity contribution in [1.82, 2.24) is 0 Å². The van der Waals surface area contributed by atoms with Crippen molar-refractivity contribution in [1.29, 1.82) is 0 Å². The van der Waals surface area contributed by atoms with Gasteiger partial charge < -0.3 is 5.84 Å². The van der Waals surface area contributed by atoms with Gasteiger partial charge in [0.25, 0.3) is 0 Å². The largest absolute Gasteiger partial charge is 0.323 e. The van der Waals surface area contributed by atoms with Crippen molar-refractivity contribution < 1.29 is 0 Å². The second-order valence-electron chi connectivity index (χ2n) is 1.54. The molecule has 0 bridgehead atoms. The molecule has 0 aromatic heterocycles. The zero-order valence-corrected chi connectivity index (χ0v) is 4.68. The average Bonchev–Trinajstić information content (AvgIpc) is 1.61. The van der Waals surface area contributed by atoms with Gasteiger partial charge in [-0.1, -0.05) is 5.57 Å². The molecule has 0 aliphatic heterocycles. The Kier molecular flexibility index (Phi) is 3.02. The Morgan fingerprint density at radius 3 is 2.29 bits per heavy atom. The van der Waals surface area contributed by atoms with Crippen molar-refractivity contribution in [2.75, 3.05) is 0 Å². The normalized spacial score (nSPS) is 9.43. The zero-order chi connectivity index (χ0) is 5.70. The highest BCUT2D eigenvalue weighted by Gasteiger charge is 1.66. The number of hydrogen-bond acceptors (Lipinski definition) is 2. The Balaban J connectivity index is 3.46. The van der Waals surface area contributed by atoms with E-state index in [-0.39, 0.29) is 0 Å². The second kappa shape index (κ2) is 3.40. The van der Waals surface area contributed by atoms with E-state index in [2.05, 4.69) is 5.10 Å². The number of hydrazone groups is 1. The summed E-state index contributed by atoms with van der Waals surface area (Å²) in [7, 11) is 0. The minimum Gasteiger partial charge on any atom is -0.323 e. The Morgan fingerprint density at radius 2 is 2.14 bits per heavy atom. The lowest BCUT2D eigenvalue weighted by atomic mass is 10.3. The van der Waals surface area contributed by atoms with E-state index >= 15 is 0 Å². The molecular weight excluding hydrogens is 88.1 g/mol. The summed E-state index contributed by atoms with van der Waals surface area (Å²) in [6.45, 7) is 3.98. The van der Waals surface area contributed by atoms with Crippen LogP contribution in [0, 0.1) is 0 Å². The van der Waals surface area contributed by atoms with Crippen LogP contribution in [0.15, 0.2) is 16.8 Å². The lowest BCUT2D eigenvalue weighted by Crippen LogP contribution is -1.78. The average molecular weight is 98.1 g/mol. The van der Waals surface area contributed by atoms with Crippen LogP contribution in [0.2, 0.25) is 0 Å².